The lowest BCUT2D eigenvalue weighted by Gasteiger charge is -2.15. The summed E-state index contributed by atoms with van der Waals surface area (Å²) in [5.41, 5.74) is 0.572. The van der Waals surface area contributed by atoms with Gasteiger partial charge >= 0.3 is 0 Å². The molecule has 0 aliphatic carbocycles. The van der Waals surface area contributed by atoms with Crippen molar-refractivity contribution in [3.8, 4) is 11.5 Å². The number of rotatable bonds is 6. The zero-order valence-corrected chi connectivity index (χ0v) is 12.7. The SMILES string of the molecule is COc1ccc(C(=O)C=CN(C)C)cc1O[C@@H]1CCOC1. The summed E-state index contributed by atoms with van der Waals surface area (Å²) in [6.45, 7) is 1.28. The first-order valence-electron chi connectivity index (χ1n) is 6.91. The molecule has 1 aliphatic heterocycles. The highest BCUT2D eigenvalue weighted by atomic mass is 16.6. The third kappa shape index (κ3) is 4.23. The van der Waals surface area contributed by atoms with Crippen LogP contribution in [0.25, 0.3) is 0 Å². The monoisotopic (exact) mass is 291 g/mol. The van der Waals surface area contributed by atoms with Gasteiger partial charge in [-0.25, -0.2) is 0 Å². The van der Waals surface area contributed by atoms with Crippen LogP contribution in [0.2, 0.25) is 0 Å². The number of allylic oxidation sites excluding steroid dienone is 1. The van der Waals surface area contributed by atoms with Crippen LogP contribution in [0.5, 0.6) is 11.5 Å². The van der Waals surface area contributed by atoms with Gasteiger partial charge in [-0.05, 0) is 18.2 Å². The molecule has 0 saturated carbocycles. The van der Waals surface area contributed by atoms with E-state index in [-0.39, 0.29) is 11.9 Å². The lowest BCUT2D eigenvalue weighted by Crippen LogP contribution is -2.16. The zero-order valence-electron chi connectivity index (χ0n) is 12.7. The van der Waals surface area contributed by atoms with E-state index in [1.54, 1.807) is 31.5 Å². The molecule has 1 aromatic carbocycles. The van der Waals surface area contributed by atoms with Crippen LogP contribution in [0, 0.1) is 0 Å². The summed E-state index contributed by atoms with van der Waals surface area (Å²) >= 11 is 0. The van der Waals surface area contributed by atoms with Crippen molar-refractivity contribution >= 4 is 5.78 Å². The van der Waals surface area contributed by atoms with Crippen molar-refractivity contribution in [1.29, 1.82) is 0 Å². The molecule has 1 aliphatic rings. The summed E-state index contributed by atoms with van der Waals surface area (Å²) in [5.74, 6) is 1.13. The summed E-state index contributed by atoms with van der Waals surface area (Å²) in [6, 6.07) is 5.21. The molecule has 1 fully saturated rings. The minimum absolute atomic E-state index is 0.0153. The highest BCUT2D eigenvalue weighted by Crippen LogP contribution is 2.30. The molecule has 0 N–H and O–H groups in total. The maximum Gasteiger partial charge on any atom is 0.187 e. The van der Waals surface area contributed by atoms with Crippen LogP contribution in [-0.2, 0) is 4.74 Å². The normalized spacial score (nSPS) is 18.0. The van der Waals surface area contributed by atoms with Crippen LogP contribution in [0.3, 0.4) is 0 Å². The second-order valence-corrected chi connectivity index (χ2v) is 5.11. The van der Waals surface area contributed by atoms with Crippen LogP contribution in [0.1, 0.15) is 16.8 Å². The minimum atomic E-state index is -0.0705. The first kappa shape index (κ1) is 15.4. The summed E-state index contributed by atoms with van der Waals surface area (Å²) in [5, 5.41) is 0. The second-order valence-electron chi connectivity index (χ2n) is 5.11. The molecular weight excluding hydrogens is 270 g/mol. The van der Waals surface area contributed by atoms with E-state index in [0.29, 0.717) is 30.3 Å². The van der Waals surface area contributed by atoms with E-state index in [4.69, 9.17) is 14.2 Å². The Labute approximate surface area is 125 Å². The van der Waals surface area contributed by atoms with Crippen molar-refractivity contribution in [3.63, 3.8) is 0 Å². The average molecular weight is 291 g/mol. The quantitative estimate of drug-likeness (QED) is 0.593. The number of carbonyl (C=O) groups excluding carboxylic acids is 1. The van der Waals surface area contributed by atoms with Gasteiger partial charge in [0, 0.05) is 38.4 Å². The number of hydrogen-bond donors (Lipinski definition) is 0. The predicted molar refractivity (Wildman–Crippen MR) is 80.0 cm³/mol. The average Bonchev–Trinajstić information content (AvgIpc) is 2.97. The molecule has 0 amide bonds. The number of ketones is 1. The van der Waals surface area contributed by atoms with Crippen molar-refractivity contribution < 1.29 is 19.0 Å². The molecule has 114 valence electrons. The Hall–Kier alpha value is -2.01. The van der Waals surface area contributed by atoms with Crippen molar-refractivity contribution in [1.82, 2.24) is 4.90 Å². The van der Waals surface area contributed by atoms with Crippen LogP contribution in [0.15, 0.2) is 30.5 Å². The standard InChI is InChI=1S/C16H21NO4/c1-17(2)8-6-14(18)12-4-5-15(19-3)16(10-12)21-13-7-9-20-11-13/h4-6,8,10,13H,7,9,11H2,1-3H3/t13-/m1/s1. The third-order valence-electron chi connectivity index (χ3n) is 3.15. The third-order valence-corrected chi connectivity index (χ3v) is 3.15. The number of nitrogens with zero attached hydrogens (tertiary/aromatic N) is 1. The largest absolute Gasteiger partial charge is 0.493 e. The fraction of sp³-hybridized carbons (Fsp3) is 0.438. The zero-order chi connectivity index (χ0) is 15.2. The Bertz CT molecular complexity index is 519. The van der Waals surface area contributed by atoms with E-state index in [1.807, 2.05) is 19.0 Å². The summed E-state index contributed by atoms with van der Waals surface area (Å²) < 4.78 is 16.5. The Morgan fingerprint density at radius 2 is 2.19 bits per heavy atom. The smallest absolute Gasteiger partial charge is 0.187 e. The van der Waals surface area contributed by atoms with Crippen LogP contribution >= 0.6 is 0 Å². The Kier molecular flexibility index (Phi) is 5.22. The molecule has 1 saturated heterocycles. The highest BCUT2D eigenvalue weighted by Gasteiger charge is 2.19. The van der Waals surface area contributed by atoms with Crippen molar-refractivity contribution in [2.75, 3.05) is 34.4 Å². The van der Waals surface area contributed by atoms with E-state index < -0.39 is 0 Å². The lowest BCUT2D eigenvalue weighted by molar-refractivity contribution is 0.104. The van der Waals surface area contributed by atoms with E-state index in [2.05, 4.69) is 0 Å². The van der Waals surface area contributed by atoms with Gasteiger partial charge in [-0.3, -0.25) is 4.79 Å². The molecule has 5 nitrogen and oxygen atoms in total. The van der Waals surface area contributed by atoms with Gasteiger partial charge in [-0.2, -0.15) is 0 Å². The van der Waals surface area contributed by atoms with E-state index in [1.165, 1.54) is 6.08 Å². The molecule has 5 heteroatoms. The van der Waals surface area contributed by atoms with Crippen molar-refractivity contribution in [2.24, 2.45) is 0 Å². The Morgan fingerprint density at radius 1 is 1.38 bits per heavy atom. The summed E-state index contributed by atoms with van der Waals surface area (Å²) in [4.78, 5) is 13.9. The topological polar surface area (TPSA) is 48.0 Å². The molecule has 1 aromatic rings. The molecule has 2 rings (SSSR count). The van der Waals surface area contributed by atoms with Crippen LogP contribution in [0.4, 0.5) is 0 Å². The Morgan fingerprint density at radius 3 is 2.81 bits per heavy atom. The van der Waals surface area contributed by atoms with Gasteiger partial charge in [-0.1, -0.05) is 0 Å². The van der Waals surface area contributed by atoms with Crippen LogP contribution in [-0.4, -0.2) is 51.2 Å². The predicted octanol–water partition coefficient (Wildman–Crippen LogP) is 2.12. The number of benzene rings is 1. The van der Waals surface area contributed by atoms with Gasteiger partial charge in [0.1, 0.15) is 6.10 Å². The second kappa shape index (κ2) is 7.13. The molecule has 1 heterocycles. The van der Waals surface area contributed by atoms with Crippen molar-refractivity contribution in [2.45, 2.75) is 12.5 Å². The lowest BCUT2D eigenvalue weighted by atomic mass is 10.1. The van der Waals surface area contributed by atoms with E-state index in [9.17, 15) is 4.79 Å². The molecule has 0 radical (unpaired) electrons. The van der Waals surface area contributed by atoms with Crippen LogP contribution < -0.4 is 9.47 Å². The fourth-order valence-electron chi connectivity index (χ4n) is 2.02. The highest BCUT2D eigenvalue weighted by molar-refractivity contribution is 6.04. The first-order chi connectivity index (χ1) is 10.1. The maximum atomic E-state index is 12.1. The van der Waals surface area contributed by atoms with Gasteiger partial charge in [0.2, 0.25) is 0 Å². The molecule has 0 aromatic heterocycles. The first-order valence-corrected chi connectivity index (χ1v) is 6.91. The van der Waals surface area contributed by atoms with Gasteiger partial charge in [0.25, 0.3) is 0 Å². The molecule has 0 bridgehead atoms. The number of methoxy groups -OCH3 is 1. The molecule has 0 unspecified atom stereocenters. The minimum Gasteiger partial charge on any atom is -0.493 e. The van der Waals surface area contributed by atoms with E-state index in [0.717, 1.165) is 6.42 Å². The molecular formula is C16H21NO4. The summed E-state index contributed by atoms with van der Waals surface area (Å²) in [7, 11) is 5.32. The molecule has 21 heavy (non-hydrogen) atoms. The van der Waals surface area contributed by atoms with Gasteiger partial charge in [-0.15, -0.1) is 0 Å². The number of hydrogen-bond acceptors (Lipinski definition) is 5. The Balaban J connectivity index is 2.17. The summed E-state index contributed by atoms with van der Waals surface area (Å²) in [6.07, 6.45) is 4.12. The number of ether oxygens (including phenoxy) is 3. The van der Waals surface area contributed by atoms with Gasteiger partial charge < -0.3 is 19.1 Å². The van der Waals surface area contributed by atoms with E-state index >= 15 is 0 Å². The fourth-order valence-corrected chi connectivity index (χ4v) is 2.02. The van der Waals surface area contributed by atoms with Gasteiger partial charge in [0.15, 0.2) is 17.3 Å². The van der Waals surface area contributed by atoms with Crippen molar-refractivity contribution in [3.05, 3.63) is 36.0 Å². The molecule has 0 spiro atoms. The molecule has 1 atom stereocenters. The number of carbonyl (C=O) groups is 1. The maximum absolute atomic E-state index is 12.1. The van der Waals surface area contributed by atoms with Gasteiger partial charge in [0.05, 0.1) is 20.3 Å².